The first-order valence-corrected chi connectivity index (χ1v) is 8.50. The second-order valence-electron chi connectivity index (χ2n) is 4.82. The van der Waals surface area contributed by atoms with Crippen molar-refractivity contribution in [3.05, 3.63) is 59.7 Å². The van der Waals surface area contributed by atoms with Gasteiger partial charge in [0, 0.05) is 11.9 Å². The number of anilines is 1. The van der Waals surface area contributed by atoms with Gasteiger partial charge in [0.05, 0.1) is 16.5 Å². The Balaban J connectivity index is 2.10. The number of amides is 1. The van der Waals surface area contributed by atoms with Gasteiger partial charge < -0.3 is 4.74 Å². The van der Waals surface area contributed by atoms with Crippen molar-refractivity contribution in [3.63, 3.8) is 0 Å². The van der Waals surface area contributed by atoms with E-state index in [0.29, 0.717) is 0 Å². The monoisotopic (exact) mass is 330 g/mol. The molecule has 1 amide bonds. The second-order valence-corrected chi connectivity index (χ2v) is 6.83. The number of ether oxygens (including phenoxy) is 1. The summed E-state index contributed by atoms with van der Waals surface area (Å²) in [4.78, 5) is 11.7. The molecule has 0 unspecified atom stereocenters. The molecule has 23 heavy (non-hydrogen) atoms. The minimum absolute atomic E-state index is 0.0464. The number of rotatable bonds is 4. The Bertz CT molecular complexity index is 855. The van der Waals surface area contributed by atoms with Crippen molar-refractivity contribution in [1.29, 1.82) is 5.26 Å². The molecule has 7 heteroatoms. The van der Waals surface area contributed by atoms with Crippen molar-refractivity contribution < 1.29 is 17.9 Å². The molecule has 0 spiro atoms. The maximum Gasteiger partial charge on any atom is 0.411 e. The van der Waals surface area contributed by atoms with Gasteiger partial charge >= 0.3 is 6.09 Å². The molecule has 6 nitrogen and oxygen atoms in total. The number of nitriles is 1. The van der Waals surface area contributed by atoms with Crippen LogP contribution < -0.4 is 5.32 Å². The lowest BCUT2D eigenvalue weighted by molar-refractivity contribution is 0.155. The maximum atomic E-state index is 11.8. The van der Waals surface area contributed by atoms with E-state index in [9.17, 15) is 13.2 Å². The molecule has 0 aliphatic rings. The zero-order valence-corrected chi connectivity index (χ0v) is 13.1. The molecular formula is C16H14N2O4S. The van der Waals surface area contributed by atoms with Gasteiger partial charge in [-0.25, -0.2) is 13.2 Å². The van der Waals surface area contributed by atoms with Gasteiger partial charge in [0.25, 0.3) is 0 Å². The lowest BCUT2D eigenvalue weighted by Gasteiger charge is -2.09. The van der Waals surface area contributed by atoms with Crippen molar-refractivity contribution in [1.82, 2.24) is 0 Å². The summed E-state index contributed by atoms with van der Waals surface area (Å²) >= 11 is 0. The quantitative estimate of drug-likeness (QED) is 0.929. The number of nitrogens with one attached hydrogen (secondary N) is 1. The third kappa shape index (κ3) is 4.83. The van der Waals surface area contributed by atoms with E-state index in [0.717, 1.165) is 11.8 Å². The summed E-state index contributed by atoms with van der Waals surface area (Å²) in [6, 6.07) is 14.9. The van der Waals surface area contributed by atoms with Crippen LogP contribution in [0.2, 0.25) is 0 Å². The number of benzene rings is 2. The normalized spacial score (nSPS) is 10.6. The van der Waals surface area contributed by atoms with E-state index in [-0.39, 0.29) is 22.8 Å². The van der Waals surface area contributed by atoms with Gasteiger partial charge in [-0.05, 0) is 23.8 Å². The van der Waals surface area contributed by atoms with Crippen LogP contribution >= 0.6 is 0 Å². The number of carbonyl (C=O) groups is 1. The standard InChI is InChI=1S/C16H14N2O4S/c1-23(20,21)15-8-13(10-17)7-14(9-15)18-16(19)22-11-12-5-3-2-4-6-12/h2-9H,11H2,1H3,(H,18,19). The predicted octanol–water partition coefficient (Wildman–Crippen LogP) is 2.71. The van der Waals surface area contributed by atoms with Gasteiger partial charge in [0.15, 0.2) is 9.84 Å². The van der Waals surface area contributed by atoms with E-state index in [1.807, 2.05) is 36.4 Å². The molecule has 0 aromatic heterocycles. The fourth-order valence-electron chi connectivity index (χ4n) is 1.83. The van der Waals surface area contributed by atoms with Crippen molar-refractivity contribution in [2.45, 2.75) is 11.5 Å². The molecule has 0 fully saturated rings. The fraction of sp³-hybridized carbons (Fsp3) is 0.125. The van der Waals surface area contributed by atoms with Gasteiger partial charge in [-0.1, -0.05) is 30.3 Å². The van der Waals surface area contributed by atoms with Gasteiger partial charge in [-0.3, -0.25) is 5.32 Å². The molecule has 0 heterocycles. The number of hydrogen-bond donors (Lipinski definition) is 1. The minimum Gasteiger partial charge on any atom is -0.444 e. The summed E-state index contributed by atoms with van der Waals surface area (Å²) < 4.78 is 28.2. The fourth-order valence-corrected chi connectivity index (χ4v) is 2.51. The van der Waals surface area contributed by atoms with E-state index in [1.54, 1.807) is 0 Å². The Labute approximate surface area is 134 Å². The van der Waals surface area contributed by atoms with Gasteiger partial charge in [-0.15, -0.1) is 0 Å². The average Bonchev–Trinajstić information content (AvgIpc) is 2.52. The van der Waals surface area contributed by atoms with Crippen LogP contribution in [-0.2, 0) is 21.2 Å². The Morgan fingerprint density at radius 2 is 1.91 bits per heavy atom. The SMILES string of the molecule is CS(=O)(=O)c1cc(C#N)cc(NC(=O)OCc2ccccc2)c1. The Kier molecular flexibility index (Phi) is 4.98. The third-order valence-electron chi connectivity index (χ3n) is 2.92. The molecule has 0 saturated heterocycles. The van der Waals surface area contributed by atoms with Gasteiger partial charge in [-0.2, -0.15) is 5.26 Å². The lowest BCUT2D eigenvalue weighted by Crippen LogP contribution is -2.14. The first-order chi connectivity index (χ1) is 10.9. The average molecular weight is 330 g/mol. The predicted molar refractivity (Wildman–Crippen MR) is 84.5 cm³/mol. The topological polar surface area (TPSA) is 96.3 Å². The summed E-state index contributed by atoms with van der Waals surface area (Å²) in [5.41, 5.74) is 1.14. The number of nitrogens with zero attached hydrogens (tertiary/aromatic N) is 1. The highest BCUT2D eigenvalue weighted by atomic mass is 32.2. The largest absolute Gasteiger partial charge is 0.444 e. The number of hydrogen-bond acceptors (Lipinski definition) is 5. The highest BCUT2D eigenvalue weighted by Crippen LogP contribution is 2.19. The van der Waals surface area contributed by atoms with Crippen LogP contribution in [0.4, 0.5) is 10.5 Å². The van der Waals surface area contributed by atoms with Gasteiger partial charge in [0.2, 0.25) is 0 Å². The van der Waals surface area contributed by atoms with Crippen LogP contribution in [0.25, 0.3) is 0 Å². The molecule has 118 valence electrons. The van der Waals surface area contributed by atoms with Crippen LogP contribution in [0.5, 0.6) is 0 Å². The van der Waals surface area contributed by atoms with E-state index in [1.165, 1.54) is 18.2 Å². The van der Waals surface area contributed by atoms with Crippen molar-refractivity contribution in [3.8, 4) is 6.07 Å². The Morgan fingerprint density at radius 3 is 2.52 bits per heavy atom. The van der Waals surface area contributed by atoms with Crippen LogP contribution in [0, 0.1) is 11.3 Å². The van der Waals surface area contributed by atoms with E-state index in [2.05, 4.69) is 5.32 Å². The summed E-state index contributed by atoms with van der Waals surface area (Å²) in [6.45, 7) is 0.0869. The second kappa shape index (κ2) is 6.94. The highest BCUT2D eigenvalue weighted by molar-refractivity contribution is 7.90. The van der Waals surface area contributed by atoms with E-state index < -0.39 is 15.9 Å². The van der Waals surface area contributed by atoms with Crippen molar-refractivity contribution in [2.24, 2.45) is 0 Å². The minimum atomic E-state index is -3.49. The van der Waals surface area contributed by atoms with Crippen LogP contribution in [0.3, 0.4) is 0 Å². The zero-order valence-electron chi connectivity index (χ0n) is 12.3. The van der Waals surface area contributed by atoms with Gasteiger partial charge in [0.1, 0.15) is 6.61 Å². The lowest BCUT2D eigenvalue weighted by atomic mass is 10.2. The van der Waals surface area contributed by atoms with E-state index in [4.69, 9.17) is 10.00 Å². The molecule has 0 radical (unpaired) electrons. The number of sulfone groups is 1. The van der Waals surface area contributed by atoms with Crippen LogP contribution in [0.1, 0.15) is 11.1 Å². The molecule has 2 rings (SSSR count). The summed E-state index contributed by atoms with van der Waals surface area (Å²) in [6.07, 6.45) is 0.296. The van der Waals surface area contributed by atoms with E-state index >= 15 is 0 Å². The summed E-state index contributed by atoms with van der Waals surface area (Å²) in [7, 11) is -3.49. The summed E-state index contributed by atoms with van der Waals surface area (Å²) in [5.74, 6) is 0. The first-order valence-electron chi connectivity index (χ1n) is 6.61. The third-order valence-corrected chi connectivity index (χ3v) is 4.01. The van der Waals surface area contributed by atoms with Crippen LogP contribution in [0.15, 0.2) is 53.4 Å². The Hall–Kier alpha value is -2.85. The first kappa shape index (κ1) is 16.5. The zero-order chi connectivity index (χ0) is 16.9. The highest BCUT2D eigenvalue weighted by Gasteiger charge is 2.12. The molecule has 2 aromatic carbocycles. The molecular weight excluding hydrogens is 316 g/mol. The summed E-state index contributed by atoms with van der Waals surface area (Å²) in [5, 5.41) is 11.4. The molecule has 1 N–H and O–H groups in total. The Morgan fingerprint density at radius 1 is 1.22 bits per heavy atom. The van der Waals surface area contributed by atoms with Crippen molar-refractivity contribution >= 4 is 21.6 Å². The molecule has 0 aliphatic heterocycles. The van der Waals surface area contributed by atoms with Crippen molar-refractivity contribution in [2.75, 3.05) is 11.6 Å². The molecule has 2 aromatic rings. The number of carbonyl (C=O) groups excluding carboxylic acids is 1. The molecule has 0 bridgehead atoms. The maximum absolute atomic E-state index is 11.8. The molecule has 0 aliphatic carbocycles. The smallest absolute Gasteiger partial charge is 0.411 e. The molecule has 0 saturated carbocycles. The van der Waals surface area contributed by atoms with Crippen LogP contribution in [-0.4, -0.2) is 20.8 Å². The molecule has 0 atom stereocenters.